The molecule has 112 valence electrons. The number of rotatable bonds is 3. The van der Waals surface area contributed by atoms with Crippen molar-refractivity contribution < 1.29 is 9.53 Å². The van der Waals surface area contributed by atoms with Crippen molar-refractivity contribution in [2.75, 3.05) is 12.4 Å². The monoisotopic (exact) mass is 294 g/mol. The molecule has 3 rings (SSSR count). The second-order valence-electron chi connectivity index (χ2n) is 5.31. The molecule has 1 heterocycles. The summed E-state index contributed by atoms with van der Waals surface area (Å²) in [6.07, 6.45) is 0. The third kappa shape index (κ3) is 2.44. The number of hydrogen-bond donors (Lipinski definition) is 1. The lowest BCUT2D eigenvalue weighted by Crippen LogP contribution is -2.15. The molecule has 0 aliphatic heterocycles. The van der Waals surface area contributed by atoms with Crippen LogP contribution in [-0.4, -0.2) is 17.6 Å². The largest absolute Gasteiger partial charge is 0.496 e. The number of hydrogen-bond acceptors (Lipinski definition) is 2. The summed E-state index contributed by atoms with van der Waals surface area (Å²) >= 11 is 0. The van der Waals surface area contributed by atoms with Crippen molar-refractivity contribution in [1.29, 1.82) is 0 Å². The molecule has 3 aromatic rings. The molecule has 0 radical (unpaired) electrons. The number of fused-ring (bicyclic) bond motifs is 1. The molecule has 0 spiro atoms. The minimum Gasteiger partial charge on any atom is -0.496 e. The van der Waals surface area contributed by atoms with E-state index in [2.05, 4.69) is 5.32 Å². The van der Waals surface area contributed by atoms with Gasteiger partial charge in [-0.2, -0.15) is 0 Å². The van der Waals surface area contributed by atoms with Crippen LogP contribution in [0.1, 0.15) is 16.1 Å². The predicted molar refractivity (Wildman–Crippen MR) is 88.6 cm³/mol. The molecule has 0 aliphatic carbocycles. The van der Waals surface area contributed by atoms with Crippen LogP contribution in [0.4, 0.5) is 5.69 Å². The number of nitrogens with one attached hydrogen (secondary N) is 1. The van der Waals surface area contributed by atoms with Crippen LogP contribution in [0.3, 0.4) is 0 Å². The molecular weight excluding hydrogens is 276 g/mol. The lowest BCUT2D eigenvalue weighted by atomic mass is 10.2. The quantitative estimate of drug-likeness (QED) is 0.799. The van der Waals surface area contributed by atoms with Crippen LogP contribution in [-0.2, 0) is 7.05 Å². The summed E-state index contributed by atoms with van der Waals surface area (Å²) < 4.78 is 7.24. The highest BCUT2D eigenvalue weighted by atomic mass is 16.5. The summed E-state index contributed by atoms with van der Waals surface area (Å²) in [7, 11) is 3.52. The van der Waals surface area contributed by atoms with Gasteiger partial charge in [0.2, 0.25) is 0 Å². The zero-order chi connectivity index (χ0) is 15.7. The lowest BCUT2D eigenvalue weighted by Gasteiger charge is -2.07. The molecule has 4 heteroatoms. The molecule has 0 bridgehead atoms. The Morgan fingerprint density at radius 3 is 2.64 bits per heavy atom. The van der Waals surface area contributed by atoms with Gasteiger partial charge in [0.1, 0.15) is 11.4 Å². The molecule has 0 saturated carbocycles. The minimum atomic E-state index is -0.133. The number of aromatic nitrogens is 1. The van der Waals surface area contributed by atoms with Gasteiger partial charge in [0.15, 0.2) is 0 Å². The van der Waals surface area contributed by atoms with Crippen molar-refractivity contribution in [3.63, 3.8) is 0 Å². The predicted octanol–water partition coefficient (Wildman–Crippen LogP) is 3.75. The molecule has 2 aromatic carbocycles. The number of benzene rings is 2. The Morgan fingerprint density at radius 2 is 1.91 bits per heavy atom. The van der Waals surface area contributed by atoms with Gasteiger partial charge in [0.25, 0.3) is 5.91 Å². The first-order valence-electron chi connectivity index (χ1n) is 7.10. The van der Waals surface area contributed by atoms with Gasteiger partial charge >= 0.3 is 0 Å². The van der Waals surface area contributed by atoms with E-state index in [0.717, 1.165) is 27.9 Å². The topological polar surface area (TPSA) is 43.3 Å². The van der Waals surface area contributed by atoms with E-state index in [9.17, 15) is 4.79 Å². The number of amides is 1. The van der Waals surface area contributed by atoms with Gasteiger partial charge in [-0.1, -0.05) is 18.2 Å². The summed E-state index contributed by atoms with van der Waals surface area (Å²) in [5, 5.41) is 3.87. The Morgan fingerprint density at radius 1 is 1.14 bits per heavy atom. The van der Waals surface area contributed by atoms with E-state index in [0.29, 0.717) is 5.69 Å². The Labute approximate surface area is 129 Å². The van der Waals surface area contributed by atoms with Crippen molar-refractivity contribution >= 4 is 22.5 Å². The van der Waals surface area contributed by atoms with Crippen LogP contribution >= 0.6 is 0 Å². The first-order valence-corrected chi connectivity index (χ1v) is 7.10. The van der Waals surface area contributed by atoms with E-state index < -0.39 is 0 Å². The maximum atomic E-state index is 12.5. The molecule has 0 saturated heterocycles. The molecule has 0 unspecified atom stereocenters. The third-order valence-corrected chi connectivity index (χ3v) is 3.78. The second-order valence-corrected chi connectivity index (χ2v) is 5.31. The van der Waals surface area contributed by atoms with E-state index >= 15 is 0 Å². The molecule has 4 nitrogen and oxygen atoms in total. The van der Waals surface area contributed by atoms with Crippen LogP contribution < -0.4 is 10.1 Å². The number of nitrogens with zero attached hydrogens (tertiary/aromatic N) is 1. The fourth-order valence-corrected chi connectivity index (χ4v) is 2.65. The maximum Gasteiger partial charge on any atom is 0.272 e. The molecule has 22 heavy (non-hydrogen) atoms. The van der Waals surface area contributed by atoms with E-state index in [1.165, 1.54) is 0 Å². The van der Waals surface area contributed by atoms with Crippen LogP contribution in [0.25, 0.3) is 10.9 Å². The zero-order valence-corrected chi connectivity index (χ0v) is 12.9. The van der Waals surface area contributed by atoms with Crippen molar-refractivity contribution in [3.05, 3.63) is 59.8 Å². The number of anilines is 1. The summed E-state index contributed by atoms with van der Waals surface area (Å²) in [5.74, 6) is 0.633. The lowest BCUT2D eigenvalue weighted by molar-refractivity contribution is 0.102. The van der Waals surface area contributed by atoms with Gasteiger partial charge in [0, 0.05) is 18.1 Å². The molecule has 0 aliphatic rings. The number of carbonyl (C=O) groups is 1. The number of aryl methyl sites for hydroxylation is 2. The molecule has 1 N–H and O–H groups in total. The van der Waals surface area contributed by atoms with Gasteiger partial charge in [0.05, 0.1) is 12.6 Å². The smallest absolute Gasteiger partial charge is 0.272 e. The van der Waals surface area contributed by atoms with Gasteiger partial charge in [-0.15, -0.1) is 0 Å². The number of carbonyl (C=O) groups excluding carboxylic acids is 1. The fourth-order valence-electron chi connectivity index (χ4n) is 2.65. The second kappa shape index (κ2) is 5.56. The fraction of sp³-hybridized carbons (Fsp3) is 0.167. The first-order chi connectivity index (χ1) is 10.6. The molecule has 1 aromatic heterocycles. The molecular formula is C18H18N2O2. The Bertz CT molecular complexity index is 849. The summed E-state index contributed by atoms with van der Waals surface area (Å²) in [6, 6.07) is 15.4. The Kier molecular flexibility index (Phi) is 3.59. The Hall–Kier alpha value is -2.75. The van der Waals surface area contributed by atoms with Crippen molar-refractivity contribution in [2.45, 2.75) is 6.92 Å². The number of ether oxygens (including phenoxy) is 1. The van der Waals surface area contributed by atoms with Crippen LogP contribution in [0.2, 0.25) is 0 Å². The van der Waals surface area contributed by atoms with Gasteiger partial charge < -0.3 is 14.6 Å². The standard InChI is InChI=1S/C18H18N2O2/c1-12-6-4-7-13(10-12)19-18(21)16-11-14-15(20(16)2)8-5-9-17(14)22-3/h4-11H,1-3H3,(H,19,21). The highest BCUT2D eigenvalue weighted by Gasteiger charge is 2.15. The van der Waals surface area contributed by atoms with Crippen LogP contribution in [0.15, 0.2) is 48.5 Å². The van der Waals surface area contributed by atoms with E-state index in [4.69, 9.17) is 4.74 Å². The minimum absolute atomic E-state index is 0.133. The van der Waals surface area contributed by atoms with Crippen LogP contribution in [0, 0.1) is 6.92 Å². The van der Waals surface area contributed by atoms with Crippen molar-refractivity contribution in [3.8, 4) is 5.75 Å². The highest BCUT2D eigenvalue weighted by molar-refractivity contribution is 6.07. The molecule has 1 amide bonds. The average Bonchev–Trinajstić information content (AvgIpc) is 2.85. The normalized spacial score (nSPS) is 10.7. The van der Waals surface area contributed by atoms with Gasteiger partial charge in [-0.25, -0.2) is 0 Å². The molecule has 0 fully saturated rings. The van der Waals surface area contributed by atoms with Crippen molar-refractivity contribution in [2.24, 2.45) is 7.05 Å². The van der Waals surface area contributed by atoms with E-state index in [1.807, 2.05) is 67.1 Å². The summed E-state index contributed by atoms with van der Waals surface area (Å²) in [6.45, 7) is 2.00. The summed E-state index contributed by atoms with van der Waals surface area (Å²) in [4.78, 5) is 12.5. The van der Waals surface area contributed by atoms with Gasteiger partial charge in [-0.3, -0.25) is 4.79 Å². The average molecular weight is 294 g/mol. The summed E-state index contributed by atoms with van der Waals surface area (Å²) in [5.41, 5.74) is 3.47. The van der Waals surface area contributed by atoms with Gasteiger partial charge in [-0.05, 0) is 42.8 Å². The highest BCUT2D eigenvalue weighted by Crippen LogP contribution is 2.28. The number of methoxy groups -OCH3 is 1. The maximum absolute atomic E-state index is 12.5. The zero-order valence-electron chi connectivity index (χ0n) is 12.9. The third-order valence-electron chi connectivity index (χ3n) is 3.78. The Balaban J connectivity index is 1.99. The van der Waals surface area contributed by atoms with Crippen molar-refractivity contribution in [1.82, 2.24) is 4.57 Å². The van der Waals surface area contributed by atoms with E-state index in [-0.39, 0.29) is 5.91 Å². The van der Waals surface area contributed by atoms with Crippen LogP contribution in [0.5, 0.6) is 5.75 Å². The first kappa shape index (κ1) is 14.2. The molecule has 0 atom stereocenters. The SMILES string of the molecule is COc1cccc2c1cc(C(=O)Nc1cccc(C)c1)n2C. The van der Waals surface area contributed by atoms with E-state index in [1.54, 1.807) is 7.11 Å².